The molecular formula is C12H15NO. The van der Waals surface area contributed by atoms with E-state index in [9.17, 15) is 4.79 Å². The molecule has 1 heterocycles. The normalized spacial score (nSPS) is 19.6. The Morgan fingerprint density at radius 1 is 1.50 bits per heavy atom. The van der Waals surface area contributed by atoms with Crippen LogP contribution in [-0.2, 0) is 4.79 Å². The molecule has 0 saturated heterocycles. The molecule has 1 aliphatic heterocycles. The largest absolute Gasteiger partial charge is 0.312 e. The number of amides is 1. The molecule has 0 aliphatic carbocycles. The van der Waals surface area contributed by atoms with Crippen LogP contribution in [0.3, 0.4) is 0 Å². The second kappa shape index (κ2) is 3.45. The highest BCUT2D eigenvalue weighted by molar-refractivity contribution is 5.94. The lowest BCUT2D eigenvalue weighted by Gasteiger charge is -2.14. The monoisotopic (exact) mass is 189 g/mol. The minimum absolute atomic E-state index is 0.147. The maximum atomic E-state index is 11.4. The van der Waals surface area contributed by atoms with E-state index in [2.05, 4.69) is 13.0 Å². The third kappa shape index (κ3) is 1.31. The molecule has 1 unspecified atom stereocenters. The van der Waals surface area contributed by atoms with Crippen LogP contribution in [-0.4, -0.2) is 12.5 Å². The lowest BCUT2D eigenvalue weighted by Crippen LogP contribution is -2.26. The molecule has 1 aromatic rings. The number of rotatable bonds is 1. The summed E-state index contributed by atoms with van der Waals surface area (Å²) in [5.41, 5.74) is 2.43. The van der Waals surface area contributed by atoms with Crippen LogP contribution in [0.5, 0.6) is 0 Å². The highest BCUT2D eigenvalue weighted by Gasteiger charge is 2.28. The Balaban J connectivity index is 2.43. The SMILES string of the molecule is CCC1CN(C(C)=O)c2ccccc21. The molecular weight excluding hydrogens is 174 g/mol. The van der Waals surface area contributed by atoms with Crippen molar-refractivity contribution in [2.75, 3.05) is 11.4 Å². The fourth-order valence-corrected chi connectivity index (χ4v) is 2.14. The molecule has 1 amide bonds. The van der Waals surface area contributed by atoms with Crippen LogP contribution in [0, 0.1) is 0 Å². The number of nitrogens with zero attached hydrogens (tertiary/aromatic N) is 1. The van der Waals surface area contributed by atoms with Crippen LogP contribution in [0.15, 0.2) is 24.3 Å². The third-order valence-corrected chi connectivity index (χ3v) is 2.94. The summed E-state index contributed by atoms with van der Waals surface area (Å²) in [5.74, 6) is 0.670. The number of para-hydroxylation sites is 1. The van der Waals surface area contributed by atoms with E-state index in [1.54, 1.807) is 6.92 Å². The Hall–Kier alpha value is -1.31. The zero-order valence-electron chi connectivity index (χ0n) is 8.66. The second-order valence-electron chi connectivity index (χ2n) is 3.79. The fourth-order valence-electron chi connectivity index (χ4n) is 2.14. The summed E-state index contributed by atoms with van der Waals surface area (Å²) in [6.07, 6.45) is 1.10. The zero-order valence-corrected chi connectivity index (χ0v) is 8.66. The molecule has 0 bridgehead atoms. The molecule has 2 nitrogen and oxygen atoms in total. The van der Waals surface area contributed by atoms with E-state index >= 15 is 0 Å². The Kier molecular flexibility index (Phi) is 2.28. The summed E-state index contributed by atoms with van der Waals surface area (Å²) in [7, 11) is 0. The van der Waals surface area contributed by atoms with E-state index in [1.165, 1.54) is 5.56 Å². The van der Waals surface area contributed by atoms with E-state index in [0.29, 0.717) is 5.92 Å². The van der Waals surface area contributed by atoms with Gasteiger partial charge in [0.05, 0.1) is 0 Å². The molecule has 14 heavy (non-hydrogen) atoms. The van der Waals surface area contributed by atoms with Crippen LogP contribution in [0.25, 0.3) is 0 Å². The van der Waals surface area contributed by atoms with Gasteiger partial charge in [0.1, 0.15) is 0 Å². The maximum Gasteiger partial charge on any atom is 0.223 e. The van der Waals surface area contributed by atoms with Gasteiger partial charge in [-0.15, -0.1) is 0 Å². The van der Waals surface area contributed by atoms with Gasteiger partial charge in [-0.1, -0.05) is 25.1 Å². The van der Waals surface area contributed by atoms with Gasteiger partial charge in [-0.3, -0.25) is 4.79 Å². The van der Waals surface area contributed by atoms with Crippen LogP contribution in [0.4, 0.5) is 5.69 Å². The van der Waals surface area contributed by atoms with Gasteiger partial charge in [0, 0.05) is 25.1 Å². The van der Waals surface area contributed by atoms with Gasteiger partial charge in [0.25, 0.3) is 0 Å². The molecule has 0 radical (unpaired) electrons. The predicted molar refractivity (Wildman–Crippen MR) is 57.5 cm³/mol. The molecule has 0 spiro atoms. The Morgan fingerprint density at radius 3 is 2.86 bits per heavy atom. The van der Waals surface area contributed by atoms with Crippen molar-refractivity contribution in [2.45, 2.75) is 26.2 Å². The lowest BCUT2D eigenvalue weighted by atomic mass is 9.99. The summed E-state index contributed by atoms with van der Waals surface area (Å²) in [6.45, 7) is 4.66. The number of benzene rings is 1. The first-order valence-electron chi connectivity index (χ1n) is 5.11. The van der Waals surface area contributed by atoms with Crippen LogP contribution in [0.1, 0.15) is 31.7 Å². The van der Waals surface area contributed by atoms with E-state index in [-0.39, 0.29) is 5.91 Å². The molecule has 0 saturated carbocycles. The van der Waals surface area contributed by atoms with Crippen LogP contribution >= 0.6 is 0 Å². The minimum atomic E-state index is 0.147. The summed E-state index contributed by atoms with van der Waals surface area (Å²) >= 11 is 0. The first-order chi connectivity index (χ1) is 6.74. The Labute approximate surface area is 84.5 Å². The van der Waals surface area contributed by atoms with Gasteiger partial charge in [-0.25, -0.2) is 0 Å². The third-order valence-electron chi connectivity index (χ3n) is 2.94. The van der Waals surface area contributed by atoms with Gasteiger partial charge in [-0.2, -0.15) is 0 Å². The highest BCUT2D eigenvalue weighted by atomic mass is 16.2. The van der Waals surface area contributed by atoms with E-state index in [1.807, 2.05) is 23.1 Å². The average Bonchev–Trinajstić information content (AvgIpc) is 2.56. The van der Waals surface area contributed by atoms with Crippen molar-refractivity contribution in [2.24, 2.45) is 0 Å². The number of fused-ring (bicyclic) bond motifs is 1. The fraction of sp³-hybridized carbons (Fsp3) is 0.417. The molecule has 2 rings (SSSR count). The van der Waals surface area contributed by atoms with Gasteiger partial charge in [-0.05, 0) is 18.1 Å². The first-order valence-corrected chi connectivity index (χ1v) is 5.11. The van der Waals surface area contributed by atoms with Crippen molar-refractivity contribution in [3.05, 3.63) is 29.8 Å². The summed E-state index contributed by atoms with van der Waals surface area (Å²) in [5, 5.41) is 0. The van der Waals surface area contributed by atoms with Crippen LogP contribution < -0.4 is 4.90 Å². The number of hydrogen-bond acceptors (Lipinski definition) is 1. The van der Waals surface area contributed by atoms with Crippen molar-refractivity contribution in [1.82, 2.24) is 0 Å². The molecule has 0 fully saturated rings. The first kappa shape index (κ1) is 9.25. The Bertz CT molecular complexity index is 359. The average molecular weight is 189 g/mol. The molecule has 0 N–H and O–H groups in total. The zero-order chi connectivity index (χ0) is 10.1. The van der Waals surface area contributed by atoms with Crippen molar-refractivity contribution in [3.8, 4) is 0 Å². The molecule has 1 aromatic carbocycles. The molecule has 74 valence electrons. The van der Waals surface area contributed by atoms with Crippen molar-refractivity contribution in [1.29, 1.82) is 0 Å². The van der Waals surface area contributed by atoms with Crippen molar-refractivity contribution >= 4 is 11.6 Å². The summed E-state index contributed by atoms with van der Waals surface area (Å²) in [4.78, 5) is 13.3. The van der Waals surface area contributed by atoms with Crippen molar-refractivity contribution in [3.63, 3.8) is 0 Å². The van der Waals surface area contributed by atoms with Crippen LogP contribution in [0.2, 0.25) is 0 Å². The minimum Gasteiger partial charge on any atom is -0.312 e. The Morgan fingerprint density at radius 2 is 2.21 bits per heavy atom. The van der Waals surface area contributed by atoms with Crippen molar-refractivity contribution < 1.29 is 4.79 Å². The van der Waals surface area contributed by atoms with E-state index < -0.39 is 0 Å². The van der Waals surface area contributed by atoms with Gasteiger partial charge >= 0.3 is 0 Å². The molecule has 1 atom stereocenters. The number of carbonyl (C=O) groups is 1. The summed E-state index contributed by atoms with van der Waals surface area (Å²) in [6, 6.07) is 8.21. The number of hydrogen-bond donors (Lipinski definition) is 0. The number of carbonyl (C=O) groups excluding carboxylic acids is 1. The van der Waals surface area contributed by atoms with Gasteiger partial charge in [0.15, 0.2) is 0 Å². The quantitative estimate of drug-likeness (QED) is 0.664. The second-order valence-corrected chi connectivity index (χ2v) is 3.79. The van der Waals surface area contributed by atoms with Gasteiger partial charge in [0.2, 0.25) is 5.91 Å². The smallest absolute Gasteiger partial charge is 0.223 e. The molecule has 1 aliphatic rings. The topological polar surface area (TPSA) is 20.3 Å². The standard InChI is InChI=1S/C12H15NO/c1-3-10-8-13(9(2)14)12-7-5-4-6-11(10)12/h4-7,10H,3,8H2,1-2H3. The maximum absolute atomic E-state index is 11.4. The van der Waals surface area contributed by atoms with Gasteiger partial charge < -0.3 is 4.90 Å². The summed E-state index contributed by atoms with van der Waals surface area (Å²) < 4.78 is 0. The van der Waals surface area contributed by atoms with E-state index in [4.69, 9.17) is 0 Å². The number of anilines is 1. The van der Waals surface area contributed by atoms with E-state index in [0.717, 1.165) is 18.7 Å². The predicted octanol–water partition coefficient (Wildman–Crippen LogP) is 2.55. The molecule has 0 aromatic heterocycles. The lowest BCUT2D eigenvalue weighted by molar-refractivity contribution is -0.116. The highest BCUT2D eigenvalue weighted by Crippen LogP contribution is 2.37. The molecule has 2 heteroatoms.